The summed E-state index contributed by atoms with van der Waals surface area (Å²) in [5.74, 6) is 0.947. The van der Waals surface area contributed by atoms with Gasteiger partial charge in [-0.3, -0.25) is 0 Å². The van der Waals surface area contributed by atoms with Crippen LogP contribution in [0.4, 0.5) is 10.6 Å². The molecule has 140 valence electrons. The summed E-state index contributed by atoms with van der Waals surface area (Å²) in [6, 6.07) is 10.0. The Labute approximate surface area is 169 Å². The van der Waals surface area contributed by atoms with Gasteiger partial charge in [-0.25, -0.2) is 14.8 Å². The second-order valence-electron chi connectivity index (χ2n) is 6.27. The summed E-state index contributed by atoms with van der Waals surface area (Å²) in [5.41, 5.74) is 1.14. The van der Waals surface area contributed by atoms with Crippen LogP contribution in [0.25, 0.3) is 10.2 Å². The van der Waals surface area contributed by atoms with E-state index >= 15 is 0 Å². The smallest absolute Gasteiger partial charge is 0.409 e. The molecule has 1 saturated heterocycles. The van der Waals surface area contributed by atoms with Gasteiger partial charge in [0.05, 0.1) is 12.0 Å². The van der Waals surface area contributed by atoms with Crippen molar-refractivity contribution >= 4 is 49.4 Å². The van der Waals surface area contributed by atoms with E-state index in [1.54, 1.807) is 22.6 Å². The second-order valence-corrected chi connectivity index (χ2v) is 8.02. The highest BCUT2D eigenvalue weighted by molar-refractivity contribution is 9.10. The lowest BCUT2D eigenvalue weighted by molar-refractivity contribution is 0.101. The molecule has 1 aliphatic heterocycles. The lowest BCUT2D eigenvalue weighted by Gasteiger charge is -2.34. The van der Waals surface area contributed by atoms with Crippen LogP contribution in [0.3, 0.4) is 0 Å². The molecule has 1 aromatic carbocycles. The fourth-order valence-electron chi connectivity index (χ4n) is 3.17. The van der Waals surface area contributed by atoms with Gasteiger partial charge < -0.3 is 14.5 Å². The number of halogens is 1. The van der Waals surface area contributed by atoms with Gasteiger partial charge in [-0.15, -0.1) is 11.3 Å². The van der Waals surface area contributed by atoms with Crippen molar-refractivity contribution in [1.82, 2.24) is 14.9 Å². The Kier molecular flexibility index (Phi) is 5.54. The van der Waals surface area contributed by atoms with Crippen molar-refractivity contribution in [3.8, 4) is 0 Å². The Morgan fingerprint density at radius 3 is 2.78 bits per heavy atom. The predicted molar refractivity (Wildman–Crippen MR) is 110 cm³/mol. The molecule has 0 saturated carbocycles. The number of thiophene rings is 1. The lowest BCUT2D eigenvalue weighted by atomic mass is 10.2. The average Bonchev–Trinajstić information content (AvgIpc) is 3.18. The predicted octanol–water partition coefficient (Wildman–Crippen LogP) is 3.96. The van der Waals surface area contributed by atoms with Crippen LogP contribution in [0.1, 0.15) is 5.56 Å². The molecule has 0 radical (unpaired) electrons. The van der Waals surface area contributed by atoms with Crippen LogP contribution in [0.2, 0.25) is 0 Å². The first kappa shape index (κ1) is 18.2. The van der Waals surface area contributed by atoms with Crippen molar-refractivity contribution in [2.75, 3.05) is 37.7 Å². The van der Waals surface area contributed by atoms with Gasteiger partial charge >= 0.3 is 6.09 Å². The number of benzene rings is 1. The van der Waals surface area contributed by atoms with Crippen LogP contribution in [0, 0.1) is 0 Å². The van der Waals surface area contributed by atoms with Gasteiger partial charge in [-0.05, 0) is 23.1 Å². The molecule has 1 amide bonds. The van der Waals surface area contributed by atoms with E-state index in [1.807, 2.05) is 29.6 Å². The fraction of sp³-hybridized carbons (Fsp3) is 0.316. The summed E-state index contributed by atoms with van der Waals surface area (Å²) in [5, 5.41) is 3.11. The van der Waals surface area contributed by atoms with Crippen LogP contribution in [0.15, 0.2) is 46.5 Å². The summed E-state index contributed by atoms with van der Waals surface area (Å²) in [6.07, 6.45) is 2.06. The second kappa shape index (κ2) is 8.22. The quantitative estimate of drug-likeness (QED) is 0.606. The molecule has 3 aromatic rings. The highest BCUT2D eigenvalue weighted by Crippen LogP contribution is 2.27. The third kappa shape index (κ3) is 4.06. The number of ether oxygens (including phenoxy) is 1. The van der Waals surface area contributed by atoms with Gasteiger partial charge in [-0.2, -0.15) is 0 Å². The van der Waals surface area contributed by atoms with Gasteiger partial charge in [0, 0.05) is 37.1 Å². The van der Waals surface area contributed by atoms with Crippen molar-refractivity contribution in [3.05, 3.63) is 52.1 Å². The van der Waals surface area contributed by atoms with E-state index in [0.717, 1.165) is 39.2 Å². The molecule has 1 aliphatic rings. The molecular weight excluding hydrogens is 428 g/mol. The molecule has 6 nitrogen and oxygen atoms in total. The molecule has 1 fully saturated rings. The molecular formula is C19H19BrN4O2S. The molecule has 0 unspecified atom stereocenters. The SMILES string of the molecule is O=C(OCCc1ccccc1Br)N1CCN(c2ncnc3sccc23)CC1. The van der Waals surface area contributed by atoms with E-state index in [-0.39, 0.29) is 6.09 Å². The van der Waals surface area contributed by atoms with Gasteiger partial charge in [0.1, 0.15) is 17.0 Å². The average molecular weight is 447 g/mol. The normalized spacial score (nSPS) is 14.6. The topological polar surface area (TPSA) is 58.6 Å². The van der Waals surface area contributed by atoms with Crippen LogP contribution >= 0.6 is 27.3 Å². The summed E-state index contributed by atoms with van der Waals surface area (Å²) in [4.78, 5) is 26.1. The zero-order chi connectivity index (χ0) is 18.6. The molecule has 4 rings (SSSR count). The van der Waals surface area contributed by atoms with Gasteiger partial charge in [0.15, 0.2) is 0 Å². The number of hydrogen-bond donors (Lipinski definition) is 0. The minimum absolute atomic E-state index is 0.245. The highest BCUT2D eigenvalue weighted by atomic mass is 79.9. The Hall–Kier alpha value is -2.19. The highest BCUT2D eigenvalue weighted by Gasteiger charge is 2.24. The minimum atomic E-state index is -0.245. The van der Waals surface area contributed by atoms with Gasteiger partial charge in [0.25, 0.3) is 0 Å². The number of piperazine rings is 1. The first-order valence-corrected chi connectivity index (χ1v) is 10.5. The Balaban J connectivity index is 1.29. The Bertz CT molecular complexity index is 940. The van der Waals surface area contributed by atoms with Crippen molar-refractivity contribution in [1.29, 1.82) is 0 Å². The van der Waals surface area contributed by atoms with Crippen molar-refractivity contribution in [3.63, 3.8) is 0 Å². The number of anilines is 1. The van der Waals surface area contributed by atoms with E-state index in [2.05, 4.69) is 36.9 Å². The number of hydrogen-bond acceptors (Lipinski definition) is 6. The van der Waals surface area contributed by atoms with Crippen LogP contribution in [-0.4, -0.2) is 53.7 Å². The number of rotatable bonds is 4. The maximum absolute atomic E-state index is 12.3. The fourth-order valence-corrected chi connectivity index (χ4v) is 4.38. The number of aromatic nitrogens is 2. The summed E-state index contributed by atoms with van der Waals surface area (Å²) in [7, 11) is 0. The van der Waals surface area contributed by atoms with Gasteiger partial charge in [-0.1, -0.05) is 34.1 Å². The number of fused-ring (bicyclic) bond motifs is 1. The Morgan fingerprint density at radius 2 is 1.96 bits per heavy atom. The summed E-state index contributed by atoms with van der Waals surface area (Å²) >= 11 is 5.13. The first-order valence-electron chi connectivity index (χ1n) is 8.80. The van der Waals surface area contributed by atoms with E-state index in [0.29, 0.717) is 26.1 Å². The van der Waals surface area contributed by atoms with E-state index < -0.39 is 0 Å². The largest absolute Gasteiger partial charge is 0.449 e. The van der Waals surface area contributed by atoms with Crippen LogP contribution in [0.5, 0.6) is 0 Å². The minimum Gasteiger partial charge on any atom is -0.449 e. The molecule has 0 bridgehead atoms. The maximum Gasteiger partial charge on any atom is 0.409 e. The van der Waals surface area contributed by atoms with Crippen LogP contribution in [-0.2, 0) is 11.2 Å². The van der Waals surface area contributed by atoms with E-state index in [4.69, 9.17) is 4.74 Å². The molecule has 3 heterocycles. The number of carbonyl (C=O) groups excluding carboxylic acids is 1. The third-order valence-corrected chi connectivity index (χ3v) is 6.23. The molecule has 0 spiro atoms. The number of amides is 1. The van der Waals surface area contributed by atoms with Crippen LogP contribution < -0.4 is 4.90 Å². The standard InChI is InChI=1S/C19H19BrN4O2S/c20-16-4-2-1-3-14(16)5-11-26-19(25)24-9-7-23(8-10-24)17-15-6-12-27-18(15)22-13-21-17/h1-4,6,12-13H,5,7-11H2. The molecule has 0 aliphatic carbocycles. The maximum atomic E-state index is 12.3. The Morgan fingerprint density at radius 1 is 1.15 bits per heavy atom. The van der Waals surface area contributed by atoms with E-state index in [1.165, 1.54) is 0 Å². The van der Waals surface area contributed by atoms with E-state index in [9.17, 15) is 4.79 Å². The van der Waals surface area contributed by atoms with Crippen molar-refractivity contribution in [2.45, 2.75) is 6.42 Å². The number of nitrogens with zero attached hydrogens (tertiary/aromatic N) is 4. The lowest BCUT2D eigenvalue weighted by Crippen LogP contribution is -2.49. The van der Waals surface area contributed by atoms with Gasteiger partial charge in [0.2, 0.25) is 0 Å². The molecule has 8 heteroatoms. The zero-order valence-electron chi connectivity index (χ0n) is 14.7. The molecule has 0 N–H and O–H groups in total. The molecule has 27 heavy (non-hydrogen) atoms. The monoisotopic (exact) mass is 446 g/mol. The van der Waals surface area contributed by atoms with Crippen molar-refractivity contribution < 1.29 is 9.53 Å². The third-order valence-electron chi connectivity index (χ3n) is 4.63. The van der Waals surface area contributed by atoms with Crippen molar-refractivity contribution in [2.24, 2.45) is 0 Å². The molecule has 0 atom stereocenters. The number of carbonyl (C=O) groups is 1. The summed E-state index contributed by atoms with van der Waals surface area (Å²) in [6.45, 7) is 3.11. The zero-order valence-corrected chi connectivity index (χ0v) is 17.1. The first-order chi connectivity index (χ1) is 13.2. The molecule has 2 aromatic heterocycles. The summed E-state index contributed by atoms with van der Waals surface area (Å²) < 4.78 is 6.50.